The van der Waals surface area contributed by atoms with Crippen LogP contribution in [0.4, 0.5) is 10.5 Å². The normalized spacial score (nSPS) is 21.5. The zero-order valence-corrected chi connectivity index (χ0v) is 16.9. The van der Waals surface area contributed by atoms with Crippen molar-refractivity contribution in [2.24, 2.45) is 0 Å². The van der Waals surface area contributed by atoms with Crippen LogP contribution < -0.4 is 16.2 Å². The third-order valence-corrected chi connectivity index (χ3v) is 4.95. The predicted octanol–water partition coefficient (Wildman–Crippen LogP) is 1.55. The van der Waals surface area contributed by atoms with Crippen LogP contribution in [0.1, 0.15) is 36.7 Å². The Morgan fingerprint density at radius 1 is 1.31 bits per heavy atom. The van der Waals surface area contributed by atoms with E-state index in [-0.39, 0.29) is 11.9 Å². The predicted molar refractivity (Wildman–Crippen MR) is 108 cm³/mol. The minimum Gasteiger partial charge on any atom is -0.443 e. The van der Waals surface area contributed by atoms with Crippen molar-refractivity contribution in [3.8, 4) is 0 Å². The maximum absolute atomic E-state index is 12.8. The Morgan fingerprint density at radius 2 is 2.07 bits per heavy atom. The van der Waals surface area contributed by atoms with Crippen LogP contribution in [-0.2, 0) is 9.47 Å². The van der Waals surface area contributed by atoms with E-state index in [2.05, 4.69) is 21.1 Å². The molecule has 2 amide bonds. The summed E-state index contributed by atoms with van der Waals surface area (Å²) in [5.41, 5.74) is 7.96. The summed E-state index contributed by atoms with van der Waals surface area (Å²) < 4.78 is 10.8. The molecular weight excluding hydrogens is 374 g/mol. The molecule has 1 saturated heterocycles. The van der Waals surface area contributed by atoms with Gasteiger partial charge in [0.25, 0.3) is 5.91 Å². The second-order valence-corrected chi connectivity index (χ2v) is 8.35. The Bertz CT molecular complexity index is 842. The average Bonchev–Trinajstić information content (AvgIpc) is 2.90. The Hall–Kier alpha value is -2.78. The van der Waals surface area contributed by atoms with Gasteiger partial charge < -0.3 is 14.8 Å². The first-order valence-electron chi connectivity index (χ1n) is 9.82. The number of hydrogen-bond donors (Lipinski definition) is 3. The summed E-state index contributed by atoms with van der Waals surface area (Å²) in [4.78, 5) is 27.3. The van der Waals surface area contributed by atoms with E-state index in [9.17, 15) is 9.59 Å². The number of benzene rings is 1. The molecule has 1 atom stereocenters. The summed E-state index contributed by atoms with van der Waals surface area (Å²) in [7, 11) is 0. The van der Waals surface area contributed by atoms with Crippen LogP contribution in [0.5, 0.6) is 0 Å². The number of carbonyl (C=O) groups is 2. The molecule has 1 aromatic carbocycles. The van der Waals surface area contributed by atoms with Gasteiger partial charge in [-0.15, -0.1) is 0 Å². The van der Waals surface area contributed by atoms with E-state index in [0.29, 0.717) is 5.56 Å². The van der Waals surface area contributed by atoms with Gasteiger partial charge in [-0.05, 0) is 32.9 Å². The number of carbonyl (C=O) groups excluding carboxylic acids is 2. The van der Waals surface area contributed by atoms with Gasteiger partial charge in [-0.2, -0.15) is 5.12 Å². The van der Waals surface area contributed by atoms with Crippen LogP contribution >= 0.6 is 0 Å². The molecule has 3 aliphatic heterocycles. The largest absolute Gasteiger partial charge is 0.443 e. The topological polar surface area (TPSA) is 95.2 Å². The maximum Gasteiger partial charge on any atom is 0.428 e. The zero-order chi connectivity index (χ0) is 20.6. The molecule has 3 N–H and O–H groups in total. The molecule has 1 fully saturated rings. The average molecular weight is 401 g/mol. The van der Waals surface area contributed by atoms with Gasteiger partial charge in [-0.3, -0.25) is 9.69 Å². The fourth-order valence-electron chi connectivity index (χ4n) is 3.75. The summed E-state index contributed by atoms with van der Waals surface area (Å²) in [6.45, 7) is 9.30. The number of hydrogen-bond acceptors (Lipinski definition) is 7. The molecule has 1 aromatic rings. The van der Waals surface area contributed by atoms with Gasteiger partial charge in [0.15, 0.2) is 0 Å². The quantitative estimate of drug-likeness (QED) is 0.707. The summed E-state index contributed by atoms with van der Waals surface area (Å²) in [5, 5.41) is 4.81. The number of nitrogens with zero attached hydrogens (tertiary/aromatic N) is 2. The van der Waals surface area contributed by atoms with Crippen molar-refractivity contribution in [2.75, 3.05) is 38.2 Å². The number of hydrazine groups is 2. The second-order valence-electron chi connectivity index (χ2n) is 8.35. The van der Waals surface area contributed by atoms with Crippen molar-refractivity contribution < 1.29 is 19.1 Å². The number of ether oxygens (including phenoxy) is 2. The fraction of sp³-hybridized carbons (Fsp3) is 0.500. The Morgan fingerprint density at radius 3 is 2.79 bits per heavy atom. The summed E-state index contributed by atoms with van der Waals surface area (Å²) >= 11 is 0. The molecule has 156 valence electrons. The van der Waals surface area contributed by atoms with E-state index in [1.54, 1.807) is 33.0 Å². The Labute approximate surface area is 169 Å². The first kappa shape index (κ1) is 19.5. The van der Waals surface area contributed by atoms with Crippen molar-refractivity contribution >= 4 is 23.3 Å². The SMILES string of the molecule is CC(C)(C)OC(=O)NN1C=C2c3c(cccc3C(=O)N1)NC2CN1CCOCC1. The van der Waals surface area contributed by atoms with Gasteiger partial charge in [0.2, 0.25) is 0 Å². The summed E-state index contributed by atoms with van der Waals surface area (Å²) in [6, 6.07) is 5.60. The molecule has 9 nitrogen and oxygen atoms in total. The monoisotopic (exact) mass is 401 g/mol. The van der Waals surface area contributed by atoms with E-state index in [1.165, 1.54) is 5.12 Å². The number of amides is 2. The van der Waals surface area contributed by atoms with Crippen molar-refractivity contribution in [1.29, 1.82) is 0 Å². The van der Waals surface area contributed by atoms with Gasteiger partial charge >= 0.3 is 6.09 Å². The van der Waals surface area contributed by atoms with Crippen LogP contribution in [0.15, 0.2) is 24.4 Å². The zero-order valence-electron chi connectivity index (χ0n) is 16.9. The van der Waals surface area contributed by atoms with Crippen LogP contribution in [-0.4, -0.2) is 66.5 Å². The van der Waals surface area contributed by atoms with E-state index >= 15 is 0 Å². The molecule has 3 heterocycles. The highest BCUT2D eigenvalue weighted by Gasteiger charge is 2.35. The van der Waals surface area contributed by atoms with Gasteiger partial charge in [0, 0.05) is 36.5 Å². The summed E-state index contributed by atoms with van der Waals surface area (Å²) in [6.07, 6.45) is 1.11. The van der Waals surface area contributed by atoms with Crippen molar-refractivity contribution in [3.63, 3.8) is 0 Å². The van der Waals surface area contributed by atoms with Crippen molar-refractivity contribution in [2.45, 2.75) is 32.4 Å². The molecular formula is C20H27N5O4. The second kappa shape index (κ2) is 7.57. The molecule has 0 saturated carbocycles. The third-order valence-electron chi connectivity index (χ3n) is 4.95. The van der Waals surface area contributed by atoms with Crippen LogP contribution in [0.3, 0.4) is 0 Å². The standard InChI is InChI=1S/C20H27N5O4/c1-20(2,3)29-19(27)23-25-11-14-16(12-24-7-9-28-10-8-24)21-15-6-4-5-13(17(14)15)18(26)22-25/h4-6,11,16,21H,7-10,12H2,1-3H3,(H,22,26)(H,23,27). The van der Waals surface area contributed by atoms with E-state index in [0.717, 1.165) is 49.7 Å². The van der Waals surface area contributed by atoms with Gasteiger partial charge in [-0.1, -0.05) is 6.07 Å². The number of nitrogens with one attached hydrogen (secondary N) is 3. The number of morpholine rings is 1. The minimum atomic E-state index is -0.642. The lowest BCUT2D eigenvalue weighted by atomic mass is 9.97. The summed E-state index contributed by atoms with van der Waals surface area (Å²) in [5.74, 6) is -0.294. The lowest BCUT2D eigenvalue weighted by molar-refractivity contribution is 0.0325. The number of rotatable bonds is 3. The molecule has 3 aliphatic rings. The maximum atomic E-state index is 12.8. The first-order chi connectivity index (χ1) is 13.8. The molecule has 1 unspecified atom stereocenters. The van der Waals surface area contributed by atoms with Crippen LogP contribution in [0.2, 0.25) is 0 Å². The minimum absolute atomic E-state index is 0.0140. The number of anilines is 1. The van der Waals surface area contributed by atoms with E-state index in [1.807, 2.05) is 12.1 Å². The highest BCUT2D eigenvalue weighted by atomic mass is 16.6. The fourth-order valence-corrected chi connectivity index (χ4v) is 3.75. The smallest absolute Gasteiger partial charge is 0.428 e. The molecule has 0 bridgehead atoms. The van der Waals surface area contributed by atoms with Crippen molar-refractivity contribution in [1.82, 2.24) is 20.9 Å². The molecule has 0 spiro atoms. The lowest BCUT2D eigenvalue weighted by Crippen LogP contribution is -2.50. The van der Waals surface area contributed by atoms with Gasteiger partial charge in [0.05, 0.1) is 31.0 Å². The van der Waals surface area contributed by atoms with Crippen LogP contribution in [0, 0.1) is 0 Å². The molecule has 0 radical (unpaired) electrons. The third kappa shape index (κ3) is 4.30. The highest BCUT2D eigenvalue weighted by Crippen LogP contribution is 2.39. The Kier molecular flexibility index (Phi) is 5.10. The van der Waals surface area contributed by atoms with Crippen molar-refractivity contribution in [3.05, 3.63) is 35.5 Å². The van der Waals surface area contributed by atoms with Gasteiger partial charge in [0.1, 0.15) is 5.60 Å². The molecule has 0 aromatic heterocycles. The van der Waals surface area contributed by atoms with E-state index < -0.39 is 11.7 Å². The van der Waals surface area contributed by atoms with Gasteiger partial charge in [-0.25, -0.2) is 15.6 Å². The molecule has 4 rings (SSSR count). The van der Waals surface area contributed by atoms with Crippen LogP contribution in [0.25, 0.3) is 5.57 Å². The highest BCUT2D eigenvalue weighted by molar-refractivity contribution is 6.05. The molecule has 29 heavy (non-hydrogen) atoms. The first-order valence-corrected chi connectivity index (χ1v) is 9.82. The lowest BCUT2D eigenvalue weighted by Gasteiger charge is -2.30. The Balaban J connectivity index is 1.60. The molecule has 0 aliphatic carbocycles. The molecule has 9 heteroatoms. The van der Waals surface area contributed by atoms with E-state index in [4.69, 9.17) is 9.47 Å².